The Morgan fingerprint density at radius 1 is 0.632 bits per heavy atom. The highest BCUT2D eigenvalue weighted by molar-refractivity contribution is 5.31. The summed E-state index contributed by atoms with van der Waals surface area (Å²) in [4.78, 5) is 2.63. The highest BCUT2D eigenvalue weighted by Gasteiger charge is 2.23. The molecule has 0 aromatic heterocycles. The van der Waals surface area contributed by atoms with E-state index in [4.69, 9.17) is 0 Å². The van der Waals surface area contributed by atoms with Crippen LogP contribution in [0.2, 0.25) is 0 Å². The molecule has 0 saturated carbocycles. The van der Waals surface area contributed by atoms with E-state index in [1.165, 1.54) is 43.5 Å². The van der Waals surface area contributed by atoms with Gasteiger partial charge in [0.05, 0.1) is 6.04 Å². The number of hydrogen-bond donors (Lipinski definition) is 0. The molecular formula is C18H21N. The van der Waals surface area contributed by atoms with Gasteiger partial charge in [-0.25, -0.2) is 0 Å². The molecule has 0 amide bonds. The molecule has 2 aromatic rings. The monoisotopic (exact) mass is 251 g/mol. The van der Waals surface area contributed by atoms with Gasteiger partial charge in [-0.05, 0) is 37.1 Å². The van der Waals surface area contributed by atoms with Gasteiger partial charge in [0.1, 0.15) is 0 Å². The van der Waals surface area contributed by atoms with Crippen molar-refractivity contribution in [3.05, 3.63) is 71.8 Å². The molecule has 0 radical (unpaired) electrons. The average molecular weight is 251 g/mol. The normalized spacial score (nSPS) is 16.7. The maximum Gasteiger partial charge on any atom is 0.0601 e. The van der Waals surface area contributed by atoms with E-state index in [0.717, 1.165) is 0 Å². The van der Waals surface area contributed by atoms with Crippen molar-refractivity contribution in [3.63, 3.8) is 0 Å². The van der Waals surface area contributed by atoms with Gasteiger partial charge in [0.15, 0.2) is 0 Å². The lowest BCUT2D eigenvalue weighted by molar-refractivity contribution is 0.187. The van der Waals surface area contributed by atoms with Gasteiger partial charge in [-0.1, -0.05) is 67.1 Å². The van der Waals surface area contributed by atoms with Gasteiger partial charge in [-0.2, -0.15) is 0 Å². The smallest absolute Gasteiger partial charge is 0.0601 e. The third kappa shape index (κ3) is 2.87. The molecule has 1 nitrogen and oxygen atoms in total. The molecule has 0 unspecified atom stereocenters. The lowest BCUT2D eigenvalue weighted by Gasteiger charge is -2.35. The van der Waals surface area contributed by atoms with E-state index in [9.17, 15) is 0 Å². The molecule has 0 N–H and O–H groups in total. The van der Waals surface area contributed by atoms with Gasteiger partial charge in [0.25, 0.3) is 0 Å². The first-order chi connectivity index (χ1) is 9.45. The number of rotatable bonds is 3. The van der Waals surface area contributed by atoms with Gasteiger partial charge >= 0.3 is 0 Å². The quantitative estimate of drug-likeness (QED) is 0.787. The van der Waals surface area contributed by atoms with Crippen LogP contribution in [0.25, 0.3) is 0 Å². The summed E-state index contributed by atoms with van der Waals surface area (Å²) in [7, 11) is 0. The Kier molecular flexibility index (Phi) is 3.95. The molecule has 0 aliphatic carbocycles. The van der Waals surface area contributed by atoms with E-state index in [1.54, 1.807) is 0 Å². The summed E-state index contributed by atoms with van der Waals surface area (Å²) in [6, 6.07) is 22.2. The molecule has 3 rings (SSSR count). The highest BCUT2D eigenvalue weighted by atomic mass is 15.2. The Balaban J connectivity index is 1.96. The standard InChI is InChI=1S/C18H21N/c1-4-10-16(11-5-1)18(17-12-6-2-7-13-17)19-14-8-3-9-15-19/h1-2,4-7,10-13,18H,3,8-9,14-15H2. The highest BCUT2D eigenvalue weighted by Crippen LogP contribution is 2.30. The van der Waals surface area contributed by atoms with E-state index in [0.29, 0.717) is 6.04 Å². The third-order valence-electron chi connectivity index (χ3n) is 3.99. The minimum absolute atomic E-state index is 0.419. The first-order valence-corrected chi connectivity index (χ1v) is 7.29. The second-order valence-corrected chi connectivity index (χ2v) is 5.32. The summed E-state index contributed by atoms with van der Waals surface area (Å²) in [6.07, 6.45) is 4.04. The van der Waals surface area contributed by atoms with Gasteiger partial charge in [-0.15, -0.1) is 0 Å². The molecule has 1 heteroatoms. The van der Waals surface area contributed by atoms with Crippen LogP contribution in [0, 0.1) is 0 Å². The molecular weight excluding hydrogens is 230 g/mol. The molecule has 0 bridgehead atoms. The Bertz CT molecular complexity index is 446. The predicted molar refractivity (Wildman–Crippen MR) is 80.2 cm³/mol. The molecule has 1 fully saturated rings. The van der Waals surface area contributed by atoms with Crippen LogP contribution in [-0.2, 0) is 0 Å². The van der Waals surface area contributed by atoms with Crippen molar-refractivity contribution in [3.8, 4) is 0 Å². The first-order valence-electron chi connectivity index (χ1n) is 7.29. The molecule has 0 spiro atoms. The molecule has 1 aliphatic rings. The molecule has 98 valence electrons. The lowest BCUT2D eigenvalue weighted by atomic mass is 9.95. The van der Waals surface area contributed by atoms with Crippen molar-refractivity contribution in [2.45, 2.75) is 25.3 Å². The van der Waals surface area contributed by atoms with Gasteiger partial charge in [0, 0.05) is 0 Å². The molecule has 1 saturated heterocycles. The second kappa shape index (κ2) is 6.03. The number of piperidine rings is 1. The third-order valence-corrected chi connectivity index (χ3v) is 3.99. The summed E-state index contributed by atoms with van der Waals surface area (Å²) in [5.41, 5.74) is 2.83. The number of benzene rings is 2. The largest absolute Gasteiger partial charge is 0.292 e. The van der Waals surface area contributed by atoms with E-state index in [2.05, 4.69) is 65.6 Å². The predicted octanol–water partition coefficient (Wildman–Crippen LogP) is 4.26. The van der Waals surface area contributed by atoms with Gasteiger partial charge in [-0.3, -0.25) is 4.90 Å². The Morgan fingerprint density at radius 2 is 1.11 bits per heavy atom. The zero-order chi connectivity index (χ0) is 12.9. The zero-order valence-corrected chi connectivity index (χ0v) is 11.3. The average Bonchev–Trinajstić information content (AvgIpc) is 2.51. The summed E-state index contributed by atoms with van der Waals surface area (Å²) in [5.74, 6) is 0. The first kappa shape index (κ1) is 12.4. The molecule has 1 heterocycles. The van der Waals surface area contributed by atoms with Crippen molar-refractivity contribution < 1.29 is 0 Å². The molecule has 19 heavy (non-hydrogen) atoms. The molecule has 1 aliphatic heterocycles. The maximum absolute atomic E-state index is 2.63. The number of nitrogens with zero attached hydrogens (tertiary/aromatic N) is 1. The van der Waals surface area contributed by atoms with Crippen LogP contribution in [0.4, 0.5) is 0 Å². The van der Waals surface area contributed by atoms with Crippen LogP contribution >= 0.6 is 0 Å². The maximum atomic E-state index is 2.63. The molecule has 2 aromatic carbocycles. The summed E-state index contributed by atoms with van der Waals surface area (Å²) < 4.78 is 0. The minimum Gasteiger partial charge on any atom is -0.292 e. The second-order valence-electron chi connectivity index (χ2n) is 5.32. The number of hydrogen-bond acceptors (Lipinski definition) is 1. The van der Waals surface area contributed by atoms with Crippen LogP contribution in [0.5, 0.6) is 0 Å². The number of likely N-dealkylation sites (tertiary alicyclic amines) is 1. The van der Waals surface area contributed by atoms with Crippen LogP contribution in [0.1, 0.15) is 36.4 Å². The van der Waals surface area contributed by atoms with Gasteiger partial charge in [0.2, 0.25) is 0 Å². The summed E-state index contributed by atoms with van der Waals surface area (Å²) in [5, 5.41) is 0. The van der Waals surface area contributed by atoms with Crippen molar-refractivity contribution in [1.29, 1.82) is 0 Å². The topological polar surface area (TPSA) is 3.24 Å². The fourth-order valence-electron chi connectivity index (χ4n) is 3.06. The van der Waals surface area contributed by atoms with Crippen molar-refractivity contribution in [1.82, 2.24) is 4.90 Å². The van der Waals surface area contributed by atoms with Crippen molar-refractivity contribution in [2.75, 3.05) is 13.1 Å². The SMILES string of the molecule is c1ccc(C(c2ccccc2)N2CCCCC2)cc1. The van der Waals surface area contributed by atoms with E-state index in [-0.39, 0.29) is 0 Å². The van der Waals surface area contributed by atoms with E-state index in [1.807, 2.05) is 0 Å². The van der Waals surface area contributed by atoms with E-state index >= 15 is 0 Å². The Hall–Kier alpha value is -1.60. The van der Waals surface area contributed by atoms with Crippen LogP contribution in [0.3, 0.4) is 0 Å². The minimum atomic E-state index is 0.419. The van der Waals surface area contributed by atoms with Crippen molar-refractivity contribution in [2.24, 2.45) is 0 Å². The van der Waals surface area contributed by atoms with Crippen molar-refractivity contribution >= 4 is 0 Å². The van der Waals surface area contributed by atoms with E-state index < -0.39 is 0 Å². The fourth-order valence-corrected chi connectivity index (χ4v) is 3.06. The summed E-state index contributed by atoms with van der Waals surface area (Å²) >= 11 is 0. The van der Waals surface area contributed by atoms with Crippen LogP contribution < -0.4 is 0 Å². The zero-order valence-electron chi connectivity index (χ0n) is 11.3. The fraction of sp³-hybridized carbons (Fsp3) is 0.333. The Morgan fingerprint density at radius 3 is 1.58 bits per heavy atom. The Labute approximate surface area is 115 Å². The lowest BCUT2D eigenvalue weighted by Crippen LogP contribution is -2.34. The van der Waals surface area contributed by atoms with Gasteiger partial charge < -0.3 is 0 Å². The summed E-state index contributed by atoms with van der Waals surface area (Å²) in [6.45, 7) is 2.43. The molecule has 0 atom stereocenters. The van der Waals surface area contributed by atoms with Crippen LogP contribution in [0.15, 0.2) is 60.7 Å². The van der Waals surface area contributed by atoms with Crippen LogP contribution in [-0.4, -0.2) is 18.0 Å².